The quantitative estimate of drug-likeness (QED) is 0.848. The summed E-state index contributed by atoms with van der Waals surface area (Å²) in [4.78, 5) is 8.67. The van der Waals surface area contributed by atoms with Crippen LogP contribution in [0.25, 0.3) is 0 Å². The van der Waals surface area contributed by atoms with Gasteiger partial charge >= 0.3 is 0 Å². The fourth-order valence-corrected chi connectivity index (χ4v) is 1.95. The number of benzene rings is 1. The molecule has 5 nitrogen and oxygen atoms in total. The van der Waals surface area contributed by atoms with E-state index in [1.165, 1.54) is 5.56 Å². The van der Waals surface area contributed by atoms with Crippen LogP contribution in [0.15, 0.2) is 30.3 Å². The highest BCUT2D eigenvalue weighted by atomic mass is 16.5. The molecule has 1 aromatic carbocycles. The molecular weight excluding hydrogens is 266 g/mol. The standard InChI is InChI=1S/C16H21N3O2/c1-4-21-15-11-12(2)18-16(19-15)17-10-9-13-5-7-14(20-3)8-6-13/h5-8,11H,4,9-10H2,1-3H3,(H,17,18,19). The minimum atomic E-state index is 0.599. The Labute approximate surface area is 125 Å². The van der Waals surface area contributed by atoms with Crippen molar-refractivity contribution in [2.45, 2.75) is 20.3 Å². The molecule has 2 aromatic rings. The van der Waals surface area contributed by atoms with Gasteiger partial charge in [0, 0.05) is 18.3 Å². The molecule has 0 fully saturated rings. The first-order valence-electron chi connectivity index (χ1n) is 7.06. The van der Waals surface area contributed by atoms with Gasteiger partial charge in [-0.25, -0.2) is 4.98 Å². The first-order chi connectivity index (χ1) is 10.2. The molecule has 112 valence electrons. The van der Waals surface area contributed by atoms with E-state index in [1.54, 1.807) is 7.11 Å². The molecule has 0 aliphatic rings. The Hall–Kier alpha value is -2.30. The van der Waals surface area contributed by atoms with Crippen LogP contribution in [-0.4, -0.2) is 30.2 Å². The molecule has 0 unspecified atom stereocenters. The predicted molar refractivity (Wildman–Crippen MR) is 83.1 cm³/mol. The first kappa shape index (κ1) is 15.1. The van der Waals surface area contributed by atoms with Gasteiger partial charge in [0.25, 0.3) is 0 Å². The van der Waals surface area contributed by atoms with Crippen molar-refractivity contribution in [3.05, 3.63) is 41.6 Å². The van der Waals surface area contributed by atoms with E-state index in [9.17, 15) is 0 Å². The third kappa shape index (κ3) is 4.63. The van der Waals surface area contributed by atoms with E-state index in [4.69, 9.17) is 9.47 Å². The third-order valence-electron chi connectivity index (χ3n) is 2.98. The summed E-state index contributed by atoms with van der Waals surface area (Å²) in [6.07, 6.45) is 0.894. The predicted octanol–water partition coefficient (Wildman–Crippen LogP) is 2.85. The zero-order chi connectivity index (χ0) is 15.1. The summed E-state index contributed by atoms with van der Waals surface area (Å²) in [5.74, 6) is 2.08. The lowest BCUT2D eigenvalue weighted by atomic mass is 10.1. The van der Waals surface area contributed by atoms with Crippen molar-refractivity contribution in [1.29, 1.82) is 0 Å². The van der Waals surface area contributed by atoms with Gasteiger partial charge in [-0.1, -0.05) is 12.1 Å². The number of methoxy groups -OCH3 is 1. The van der Waals surface area contributed by atoms with Crippen molar-refractivity contribution < 1.29 is 9.47 Å². The molecule has 0 saturated carbocycles. The number of ether oxygens (including phenoxy) is 2. The second-order valence-electron chi connectivity index (χ2n) is 4.63. The molecule has 0 spiro atoms. The maximum atomic E-state index is 5.41. The van der Waals surface area contributed by atoms with Crippen LogP contribution in [0.2, 0.25) is 0 Å². The highest BCUT2D eigenvalue weighted by Gasteiger charge is 2.02. The second kappa shape index (κ2) is 7.47. The van der Waals surface area contributed by atoms with Crippen molar-refractivity contribution in [1.82, 2.24) is 9.97 Å². The van der Waals surface area contributed by atoms with Gasteiger partial charge in [-0.2, -0.15) is 4.98 Å². The van der Waals surface area contributed by atoms with Crippen molar-refractivity contribution >= 4 is 5.95 Å². The lowest BCUT2D eigenvalue weighted by Crippen LogP contribution is -2.09. The van der Waals surface area contributed by atoms with Gasteiger partial charge in [-0.3, -0.25) is 0 Å². The lowest BCUT2D eigenvalue weighted by molar-refractivity contribution is 0.326. The average molecular weight is 287 g/mol. The zero-order valence-corrected chi connectivity index (χ0v) is 12.7. The maximum absolute atomic E-state index is 5.41. The molecule has 1 heterocycles. The fourth-order valence-electron chi connectivity index (χ4n) is 1.95. The highest BCUT2D eigenvalue weighted by Crippen LogP contribution is 2.13. The van der Waals surface area contributed by atoms with Crippen LogP contribution in [-0.2, 0) is 6.42 Å². The Morgan fingerprint density at radius 2 is 1.90 bits per heavy atom. The first-order valence-corrected chi connectivity index (χ1v) is 7.06. The summed E-state index contributed by atoms with van der Waals surface area (Å²) in [5.41, 5.74) is 2.13. The Morgan fingerprint density at radius 1 is 1.14 bits per heavy atom. The molecule has 0 radical (unpaired) electrons. The van der Waals surface area contributed by atoms with Gasteiger partial charge in [0.2, 0.25) is 11.8 Å². The van der Waals surface area contributed by atoms with Crippen LogP contribution in [0.5, 0.6) is 11.6 Å². The minimum absolute atomic E-state index is 0.599. The van der Waals surface area contributed by atoms with E-state index >= 15 is 0 Å². The molecule has 2 rings (SSSR count). The fraction of sp³-hybridized carbons (Fsp3) is 0.375. The van der Waals surface area contributed by atoms with Crippen LogP contribution in [0.3, 0.4) is 0 Å². The molecule has 0 amide bonds. The van der Waals surface area contributed by atoms with Crippen LogP contribution < -0.4 is 14.8 Å². The molecule has 0 saturated heterocycles. The Bertz CT molecular complexity index is 570. The normalized spacial score (nSPS) is 10.2. The SMILES string of the molecule is CCOc1cc(C)nc(NCCc2ccc(OC)cc2)n1. The summed E-state index contributed by atoms with van der Waals surface area (Å²) in [6.45, 7) is 5.23. The molecule has 1 aromatic heterocycles. The van der Waals surface area contributed by atoms with E-state index in [0.717, 1.165) is 24.4 Å². The molecule has 0 aliphatic carbocycles. The number of aromatic nitrogens is 2. The number of nitrogens with zero attached hydrogens (tertiary/aromatic N) is 2. The van der Waals surface area contributed by atoms with E-state index < -0.39 is 0 Å². The average Bonchev–Trinajstić information content (AvgIpc) is 2.48. The molecule has 0 bridgehead atoms. The van der Waals surface area contributed by atoms with Gasteiger partial charge in [-0.05, 0) is 38.0 Å². The Balaban J connectivity index is 1.90. The number of hydrogen-bond donors (Lipinski definition) is 1. The van der Waals surface area contributed by atoms with Crippen molar-refractivity contribution in [2.24, 2.45) is 0 Å². The molecule has 0 aliphatic heterocycles. The summed E-state index contributed by atoms with van der Waals surface area (Å²) in [6, 6.07) is 9.88. The van der Waals surface area contributed by atoms with Crippen LogP contribution in [0.4, 0.5) is 5.95 Å². The Morgan fingerprint density at radius 3 is 2.57 bits per heavy atom. The highest BCUT2D eigenvalue weighted by molar-refractivity contribution is 5.32. The summed E-state index contributed by atoms with van der Waals surface area (Å²) >= 11 is 0. The molecule has 5 heteroatoms. The monoisotopic (exact) mass is 287 g/mol. The summed E-state index contributed by atoms with van der Waals surface area (Å²) in [7, 11) is 1.67. The van der Waals surface area contributed by atoms with Crippen LogP contribution >= 0.6 is 0 Å². The second-order valence-corrected chi connectivity index (χ2v) is 4.63. The number of nitrogens with one attached hydrogen (secondary N) is 1. The molecule has 0 atom stereocenters. The number of anilines is 1. The molecule has 1 N–H and O–H groups in total. The van der Waals surface area contributed by atoms with Gasteiger partial charge in [0.1, 0.15) is 5.75 Å². The number of aryl methyl sites for hydroxylation is 1. The largest absolute Gasteiger partial charge is 0.497 e. The maximum Gasteiger partial charge on any atom is 0.226 e. The molecular formula is C16H21N3O2. The van der Waals surface area contributed by atoms with Crippen molar-refractivity contribution in [2.75, 3.05) is 25.6 Å². The topological polar surface area (TPSA) is 56.3 Å². The zero-order valence-electron chi connectivity index (χ0n) is 12.7. The van der Waals surface area contributed by atoms with E-state index in [2.05, 4.69) is 27.4 Å². The Kier molecular flexibility index (Phi) is 5.37. The van der Waals surface area contributed by atoms with Crippen LogP contribution in [0.1, 0.15) is 18.2 Å². The van der Waals surface area contributed by atoms with Crippen LogP contribution in [0, 0.1) is 6.92 Å². The van der Waals surface area contributed by atoms with E-state index in [-0.39, 0.29) is 0 Å². The van der Waals surface area contributed by atoms with E-state index in [1.807, 2.05) is 32.0 Å². The number of hydrogen-bond acceptors (Lipinski definition) is 5. The van der Waals surface area contributed by atoms with Gasteiger partial charge in [0.05, 0.1) is 13.7 Å². The summed E-state index contributed by atoms with van der Waals surface area (Å²) in [5, 5.41) is 3.23. The van der Waals surface area contributed by atoms with Gasteiger partial charge in [0.15, 0.2) is 0 Å². The number of rotatable bonds is 7. The minimum Gasteiger partial charge on any atom is -0.497 e. The lowest BCUT2D eigenvalue weighted by Gasteiger charge is -2.08. The summed E-state index contributed by atoms with van der Waals surface area (Å²) < 4.78 is 10.6. The smallest absolute Gasteiger partial charge is 0.226 e. The van der Waals surface area contributed by atoms with Gasteiger partial charge < -0.3 is 14.8 Å². The van der Waals surface area contributed by atoms with Crippen molar-refractivity contribution in [3.8, 4) is 11.6 Å². The van der Waals surface area contributed by atoms with Gasteiger partial charge in [-0.15, -0.1) is 0 Å². The molecule has 21 heavy (non-hydrogen) atoms. The van der Waals surface area contributed by atoms with E-state index in [0.29, 0.717) is 18.4 Å². The van der Waals surface area contributed by atoms with Crippen molar-refractivity contribution in [3.63, 3.8) is 0 Å². The third-order valence-corrected chi connectivity index (χ3v) is 2.98.